The first-order chi connectivity index (χ1) is 19.9. The SMILES string of the molecule is CN(C(=O)CN(CC(=O)NCC1CCCCN1)c1cc(Cl)ccc1Oc1ccc(Cl)cc1)C1Cc2ccccc2C1. The number of carbonyl (C=O) groups is 2. The molecule has 0 aromatic heterocycles. The topological polar surface area (TPSA) is 73.9 Å². The molecule has 216 valence electrons. The monoisotopic (exact) mass is 594 g/mol. The van der Waals surface area contributed by atoms with Crippen LogP contribution >= 0.6 is 23.2 Å². The van der Waals surface area contributed by atoms with Crippen molar-refractivity contribution in [1.82, 2.24) is 15.5 Å². The number of nitrogens with zero attached hydrogens (tertiary/aromatic N) is 2. The molecular formula is C32H36Cl2N4O3. The van der Waals surface area contributed by atoms with Crippen molar-refractivity contribution in [3.8, 4) is 11.5 Å². The van der Waals surface area contributed by atoms with Gasteiger partial charge in [0.05, 0.1) is 18.8 Å². The molecule has 1 aliphatic carbocycles. The van der Waals surface area contributed by atoms with Gasteiger partial charge in [0.1, 0.15) is 5.75 Å². The zero-order valence-corrected chi connectivity index (χ0v) is 24.8. The molecule has 0 radical (unpaired) electrons. The highest BCUT2D eigenvalue weighted by molar-refractivity contribution is 6.31. The number of ether oxygens (including phenoxy) is 1. The smallest absolute Gasteiger partial charge is 0.242 e. The van der Waals surface area contributed by atoms with Crippen LogP contribution in [0.2, 0.25) is 10.0 Å². The van der Waals surface area contributed by atoms with Crippen LogP contribution in [0.4, 0.5) is 5.69 Å². The van der Waals surface area contributed by atoms with Crippen molar-refractivity contribution >= 4 is 40.7 Å². The third-order valence-electron chi connectivity index (χ3n) is 7.89. The molecule has 5 rings (SSSR count). The molecule has 1 unspecified atom stereocenters. The van der Waals surface area contributed by atoms with E-state index in [-0.39, 0.29) is 37.0 Å². The molecular weight excluding hydrogens is 559 g/mol. The fourth-order valence-corrected chi connectivity index (χ4v) is 5.82. The summed E-state index contributed by atoms with van der Waals surface area (Å²) >= 11 is 12.5. The number of benzene rings is 3. The Labute approximate surface area is 251 Å². The largest absolute Gasteiger partial charge is 0.455 e. The lowest BCUT2D eigenvalue weighted by atomic mass is 10.1. The first-order valence-corrected chi connectivity index (χ1v) is 14.9. The number of piperidine rings is 1. The maximum absolute atomic E-state index is 13.7. The predicted octanol–water partition coefficient (Wildman–Crippen LogP) is 5.48. The molecule has 9 heteroatoms. The second-order valence-electron chi connectivity index (χ2n) is 10.8. The Kier molecular flexibility index (Phi) is 9.70. The number of rotatable bonds is 10. The average Bonchev–Trinajstić information content (AvgIpc) is 3.42. The maximum Gasteiger partial charge on any atom is 0.242 e. The van der Waals surface area contributed by atoms with Crippen molar-refractivity contribution in [3.63, 3.8) is 0 Å². The van der Waals surface area contributed by atoms with Crippen molar-refractivity contribution in [2.75, 3.05) is 38.1 Å². The van der Waals surface area contributed by atoms with Gasteiger partial charge in [-0.05, 0) is 85.8 Å². The summed E-state index contributed by atoms with van der Waals surface area (Å²) in [5.74, 6) is 0.820. The summed E-state index contributed by atoms with van der Waals surface area (Å²) in [7, 11) is 1.84. The van der Waals surface area contributed by atoms with E-state index in [9.17, 15) is 9.59 Å². The molecule has 1 atom stereocenters. The van der Waals surface area contributed by atoms with Gasteiger partial charge in [0, 0.05) is 35.7 Å². The second kappa shape index (κ2) is 13.6. The summed E-state index contributed by atoms with van der Waals surface area (Å²) in [6.45, 7) is 1.49. The third kappa shape index (κ3) is 7.73. The lowest BCUT2D eigenvalue weighted by molar-refractivity contribution is -0.130. The van der Waals surface area contributed by atoms with Crippen molar-refractivity contribution in [2.24, 2.45) is 0 Å². The Bertz CT molecular complexity index is 1340. The van der Waals surface area contributed by atoms with Gasteiger partial charge in [0.2, 0.25) is 11.8 Å². The number of fused-ring (bicyclic) bond motifs is 1. The lowest BCUT2D eigenvalue weighted by Crippen LogP contribution is -2.48. The number of likely N-dealkylation sites (N-methyl/N-ethyl adjacent to an activating group) is 1. The van der Waals surface area contributed by atoms with Crippen LogP contribution in [0.3, 0.4) is 0 Å². The maximum atomic E-state index is 13.7. The quantitative estimate of drug-likeness (QED) is 0.325. The lowest BCUT2D eigenvalue weighted by Gasteiger charge is -2.31. The van der Waals surface area contributed by atoms with Crippen LogP contribution < -0.4 is 20.3 Å². The number of anilines is 1. The highest BCUT2D eigenvalue weighted by atomic mass is 35.5. The molecule has 1 fully saturated rings. The summed E-state index contributed by atoms with van der Waals surface area (Å²) in [4.78, 5) is 30.5. The summed E-state index contributed by atoms with van der Waals surface area (Å²) in [5.41, 5.74) is 3.12. The molecule has 1 saturated heterocycles. The molecule has 2 aliphatic rings. The van der Waals surface area contributed by atoms with Crippen LogP contribution in [0, 0.1) is 0 Å². The molecule has 1 aliphatic heterocycles. The number of hydrogen-bond acceptors (Lipinski definition) is 5. The third-order valence-corrected chi connectivity index (χ3v) is 8.38. The standard InChI is InChI=1S/C32H36Cl2N4O3/c1-37(27-16-22-6-2-3-7-23(22)17-27)32(40)21-38(20-31(39)36-19-26-8-4-5-15-35-26)29-18-25(34)11-14-30(29)41-28-12-9-24(33)10-13-28/h2-3,6-7,9-14,18,26-27,35H,4-5,8,15-17,19-21H2,1H3,(H,36,39). The van der Waals surface area contributed by atoms with E-state index < -0.39 is 0 Å². The van der Waals surface area contributed by atoms with Crippen molar-refractivity contribution < 1.29 is 14.3 Å². The summed E-state index contributed by atoms with van der Waals surface area (Å²) in [6.07, 6.45) is 4.97. The van der Waals surface area contributed by atoms with E-state index in [0.29, 0.717) is 33.8 Å². The van der Waals surface area contributed by atoms with Crippen molar-refractivity contribution in [1.29, 1.82) is 0 Å². The van der Waals surface area contributed by atoms with E-state index in [1.54, 1.807) is 52.3 Å². The van der Waals surface area contributed by atoms with E-state index in [0.717, 1.165) is 38.6 Å². The normalized spacial score (nSPS) is 16.6. The number of carbonyl (C=O) groups excluding carboxylic acids is 2. The molecule has 3 aromatic carbocycles. The van der Waals surface area contributed by atoms with Crippen LogP contribution in [-0.4, -0.2) is 62.0 Å². The minimum absolute atomic E-state index is 0.00420. The van der Waals surface area contributed by atoms with Gasteiger partial charge in [0.25, 0.3) is 0 Å². The first-order valence-electron chi connectivity index (χ1n) is 14.2. The second-order valence-corrected chi connectivity index (χ2v) is 11.7. The number of nitrogens with one attached hydrogen (secondary N) is 2. The number of hydrogen-bond donors (Lipinski definition) is 2. The minimum atomic E-state index is -0.168. The van der Waals surface area contributed by atoms with E-state index in [1.807, 2.05) is 19.2 Å². The van der Waals surface area contributed by atoms with E-state index in [4.69, 9.17) is 27.9 Å². The van der Waals surface area contributed by atoms with E-state index in [1.165, 1.54) is 11.1 Å². The number of halogens is 2. The molecule has 0 bridgehead atoms. The zero-order valence-electron chi connectivity index (χ0n) is 23.2. The van der Waals surface area contributed by atoms with Crippen molar-refractivity contribution in [2.45, 2.75) is 44.2 Å². The minimum Gasteiger partial charge on any atom is -0.455 e. The Morgan fingerprint density at radius 3 is 2.34 bits per heavy atom. The van der Waals surface area contributed by atoms with Gasteiger partial charge in [-0.1, -0.05) is 53.9 Å². The average molecular weight is 596 g/mol. The highest BCUT2D eigenvalue weighted by Crippen LogP contribution is 2.35. The molecule has 1 heterocycles. The highest BCUT2D eigenvalue weighted by Gasteiger charge is 2.29. The molecule has 3 aromatic rings. The molecule has 2 amide bonds. The Balaban J connectivity index is 1.35. The van der Waals surface area contributed by atoms with E-state index >= 15 is 0 Å². The van der Waals surface area contributed by atoms with Gasteiger partial charge >= 0.3 is 0 Å². The van der Waals surface area contributed by atoms with Crippen LogP contribution in [0.25, 0.3) is 0 Å². The Hall–Kier alpha value is -3.26. The Morgan fingerprint density at radius 2 is 1.66 bits per heavy atom. The van der Waals surface area contributed by atoms with Gasteiger partial charge < -0.3 is 25.2 Å². The van der Waals surface area contributed by atoms with Gasteiger partial charge in [-0.15, -0.1) is 0 Å². The molecule has 7 nitrogen and oxygen atoms in total. The molecule has 0 spiro atoms. The number of amides is 2. The van der Waals surface area contributed by atoms with Gasteiger partial charge in [-0.25, -0.2) is 0 Å². The zero-order chi connectivity index (χ0) is 28.8. The van der Waals surface area contributed by atoms with Gasteiger partial charge in [-0.3, -0.25) is 9.59 Å². The van der Waals surface area contributed by atoms with Crippen LogP contribution in [0.1, 0.15) is 30.4 Å². The van der Waals surface area contributed by atoms with Gasteiger partial charge in [0.15, 0.2) is 5.75 Å². The molecule has 41 heavy (non-hydrogen) atoms. The summed E-state index contributed by atoms with van der Waals surface area (Å²) < 4.78 is 6.20. The van der Waals surface area contributed by atoms with Crippen LogP contribution in [0.5, 0.6) is 11.5 Å². The molecule has 2 N–H and O–H groups in total. The summed E-state index contributed by atoms with van der Waals surface area (Å²) in [5, 5.41) is 7.59. The van der Waals surface area contributed by atoms with Crippen LogP contribution in [-0.2, 0) is 22.4 Å². The summed E-state index contributed by atoms with van der Waals surface area (Å²) in [6, 6.07) is 20.9. The molecule has 0 saturated carbocycles. The fraction of sp³-hybridized carbons (Fsp3) is 0.375. The Morgan fingerprint density at radius 1 is 0.951 bits per heavy atom. The van der Waals surface area contributed by atoms with Crippen LogP contribution in [0.15, 0.2) is 66.7 Å². The predicted molar refractivity (Wildman–Crippen MR) is 164 cm³/mol. The van der Waals surface area contributed by atoms with Crippen molar-refractivity contribution in [3.05, 3.63) is 87.9 Å². The van der Waals surface area contributed by atoms with E-state index in [2.05, 4.69) is 22.8 Å². The first kappa shape index (κ1) is 29.2. The fourth-order valence-electron chi connectivity index (χ4n) is 5.53. The van der Waals surface area contributed by atoms with Gasteiger partial charge in [-0.2, -0.15) is 0 Å².